The van der Waals surface area contributed by atoms with E-state index in [9.17, 15) is 4.79 Å². The van der Waals surface area contributed by atoms with Gasteiger partial charge in [0.15, 0.2) is 0 Å². The molecule has 1 aliphatic heterocycles. The number of likely N-dealkylation sites (N-methyl/N-ethyl adjacent to an activating group) is 1. The number of nitrogens with one attached hydrogen (secondary N) is 1. The highest BCUT2D eigenvalue weighted by Gasteiger charge is 2.21. The first-order chi connectivity index (χ1) is 10.7. The van der Waals surface area contributed by atoms with Crippen LogP contribution in [0.1, 0.15) is 6.42 Å². The molecule has 0 unspecified atom stereocenters. The van der Waals surface area contributed by atoms with Gasteiger partial charge in [0.1, 0.15) is 0 Å². The smallest absolute Gasteiger partial charge is 0.225 e. The molecule has 1 aliphatic rings. The molecule has 0 aromatic carbocycles. The molecule has 1 N–H and O–H groups in total. The zero-order valence-electron chi connectivity index (χ0n) is 13.5. The van der Waals surface area contributed by atoms with Crippen molar-refractivity contribution in [3.8, 4) is 0 Å². The first kappa shape index (κ1) is 16.6. The summed E-state index contributed by atoms with van der Waals surface area (Å²) in [7, 11) is 4.09. The number of carbonyl (C=O) groups is 1. The molecule has 7 nitrogen and oxygen atoms in total. The molecule has 22 heavy (non-hydrogen) atoms. The molecule has 2 heterocycles. The summed E-state index contributed by atoms with van der Waals surface area (Å²) in [4.78, 5) is 26.9. The van der Waals surface area contributed by atoms with E-state index in [-0.39, 0.29) is 5.91 Å². The van der Waals surface area contributed by atoms with Gasteiger partial charge >= 0.3 is 0 Å². The highest BCUT2D eigenvalue weighted by molar-refractivity contribution is 5.76. The van der Waals surface area contributed by atoms with E-state index in [2.05, 4.69) is 25.1 Å². The second-order valence-electron chi connectivity index (χ2n) is 5.72. The van der Waals surface area contributed by atoms with Crippen molar-refractivity contribution in [1.29, 1.82) is 0 Å². The molecule has 1 amide bonds. The SMILES string of the molecule is CN(C)CCNCCC(=O)N1CCN(c2ncccn2)CC1. The van der Waals surface area contributed by atoms with Crippen LogP contribution in [-0.2, 0) is 4.79 Å². The van der Waals surface area contributed by atoms with Crippen LogP contribution in [0.15, 0.2) is 18.5 Å². The number of piperazine rings is 1. The van der Waals surface area contributed by atoms with Crippen LogP contribution in [0.2, 0.25) is 0 Å². The Kier molecular flexibility index (Phi) is 6.54. The van der Waals surface area contributed by atoms with E-state index in [0.717, 1.165) is 51.8 Å². The predicted octanol–water partition coefficient (Wildman–Crippen LogP) is -0.333. The zero-order valence-corrected chi connectivity index (χ0v) is 13.5. The fourth-order valence-electron chi connectivity index (χ4n) is 2.39. The van der Waals surface area contributed by atoms with Gasteiger partial charge in [0.2, 0.25) is 11.9 Å². The summed E-state index contributed by atoms with van der Waals surface area (Å²) < 4.78 is 0. The third kappa shape index (κ3) is 5.23. The van der Waals surface area contributed by atoms with Gasteiger partial charge in [0, 0.05) is 64.6 Å². The standard InChI is InChI=1S/C15H26N6O/c1-19(2)9-8-16-7-4-14(22)20-10-12-21(13-11-20)15-17-5-3-6-18-15/h3,5-6,16H,4,7-13H2,1-2H3. The Labute approximate surface area is 132 Å². The molecular weight excluding hydrogens is 280 g/mol. The van der Waals surface area contributed by atoms with E-state index in [1.54, 1.807) is 12.4 Å². The maximum atomic E-state index is 12.2. The molecule has 0 radical (unpaired) electrons. The molecule has 2 rings (SSSR count). The van der Waals surface area contributed by atoms with Gasteiger partial charge < -0.3 is 20.0 Å². The van der Waals surface area contributed by atoms with Gasteiger partial charge in [-0.3, -0.25) is 4.79 Å². The highest BCUT2D eigenvalue weighted by atomic mass is 16.2. The second-order valence-corrected chi connectivity index (χ2v) is 5.72. The van der Waals surface area contributed by atoms with E-state index in [4.69, 9.17) is 0 Å². The predicted molar refractivity (Wildman–Crippen MR) is 86.9 cm³/mol. The molecule has 122 valence electrons. The summed E-state index contributed by atoms with van der Waals surface area (Å²) >= 11 is 0. The number of carbonyl (C=O) groups excluding carboxylic acids is 1. The summed E-state index contributed by atoms with van der Waals surface area (Å²) in [5, 5.41) is 3.30. The number of rotatable bonds is 7. The van der Waals surface area contributed by atoms with Crippen LogP contribution in [0.5, 0.6) is 0 Å². The van der Waals surface area contributed by atoms with E-state index in [1.165, 1.54) is 0 Å². The molecule has 0 spiro atoms. The number of anilines is 1. The maximum absolute atomic E-state index is 12.2. The van der Waals surface area contributed by atoms with Crippen molar-refractivity contribution in [3.63, 3.8) is 0 Å². The number of aromatic nitrogens is 2. The zero-order chi connectivity index (χ0) is 15.8. The normalized spacial score (nSPS) is 15.4. The van der Waals surface area contributed by atoms with Gasteiger partial charge in [-0.2, -0.15) is 0 Å². The third-order valence-electron chi connectivity index (χ3n) is 3.72. The van der Waals surface area contributed by atoms with Crippen molar-refractivity contribution < 1.29 is 4.79 Å². The molecule has 1 fully saturated rings. The van der Waals surface area contributed by atoms with Crippen molar-refractivity contribution in [2.24, 2.45) is 0 Å². The van der Waals surface area contributed by atoms with Crippen molar-refractivity contribution in [3.05, 3.63) is 18.5 Å². The minimum atomic E-state index is 0.228. The average molecular weight is 306 g/mol. The van der Waals surface area contributed by atoms with Gasteiger partial charge in [-0.25, -0.2) is 9.97 Å². The van der Waals surface area contributed by atoms with E-state index in [1.807, 2.05) is 25.1 Å². The molecule has 1 aromatic heterocycles. The topological polar surface area (TPSA) is 64.6 Å². The number of amides is 1. The fraction of sp³-hybridized carbons (Fsp3) is 0.667. The average Bonchev–Trinajstić information content (AvgIpc) is 2.55. The summed E-state index contributed by atoms with van der Waals surface area (Å²) in [6.07, 6.45) is 4.06. The number of hydrogen-bond donors (Lipinski definition) is 1. The first-order valence-electron chi connectivity index (χ1n) is 7.82. The highest BCUT2D eigenvalue weighted by Crippen LogP contribution is 2.10. The van der Waals surface area contributed by atoms with E-state index >= 15 is 0 Å². The first-order valence-corrected chi connectivity index (χ1v) is 7.82. The number of nitrogens with zero attached hydrogens (tertiary/aromatic N) is 5. The lowest BCUT2D eigenvalue weighted by Crippen LogP contribution is -2.49. The Morgan fingerprint density at radius 3 is 2.50 bits per heavy atom. The molecule has 0 atom stereocenters. The minimum Gasteiger partial charge on any atom is -0.339 e. The van der Waals surface area contributed by atoms with Gasteiger partial charge in [-0.15, -0.1) is 0 Å². The van der Waals surface area contributed by atoms with Gasteiger partial charge in [-0.1, -0.05) is 0 Å². The van der Waals surface area contributed by atoms with Crippen molar-refractivity contribution in [2.45, 2.75) is 6.42 Å². The minimum absolute atomic E-state index is 0.228. The third-order valence-corrected chi connectivity index (χ3v) is 3.72. The molecule has 0 bridgehead atoms. The Morgan fingerprint density at radius 1 is 1.18 bits per heavy atom. The molecule has 0 saturated carbocycles. The second kappa shape index (κ2) is 8.65. The maximum Gasteiger partial charge on any atom is 0.225 e. The monoisotopic (exact) mass is 306 g/mol. The van der Waals surface area contributed by atoms with Crippen molar-refractivity contribution in [1.82, 2.24) is 25.1 Å². The molecule has 1 aromatic rings. The Balaban J connectivity index is 1.65. The van der Waals surface area contributed by atoms with Crippen LogP contribution in [0.3, 0.4) is 0 Å². The molecule has 0 aliphatic carbocycles. The van der Waals surface area contributed by atoms with Gasteiger partial charge in [0.25, 0.3) is 0 Å². The van der Waals surface area contributed by atoms with Crippen LogP contribution in [0, 0.1) is 0 Å². The van der Waals surface area contributed by atoms with Crippen LogP contribution in [0.25, 0.3) is 0 Å². The van der Waals surface area contributed by atoms with Crippen molar-refractivity contribution in [2.75, 3.05) is 64.8 Å². The van der Waals surface area contributed by atoms with Crippen LogP contribution in [0.4, 0.5) is 5.95 Å². The largest absolute Gasteiger partial charge is 0.339 e. The van der Waals surface area contributed by atoms with Gasteiger partial charge in [-0.05, 0) is 20.2 Å². The molecule has 7 heteroatoms. The Bertz CT molecular complexity index is 445. The lowest BCUT2D eigenvalue weighted by atomic mass is 10.3. The van der Waals surface area contributed by atoms with E-state index in [0.29, 0.717) is 6.42 Å². The summed E-state index contributed by atoms with van der Waals surface area (Å²) in [5.74, 6) is 0.978. The fourth-order valence-corrected chi connectivity index (χ4v) is 2.39. The summed E-state index contributed by atoms with van der Waals surface area (Å²) in [5.41, 5.74) is 0. The van der Waals surface area contributed by atoms with Crippen LogP contribution >= 0.6 is 0 Å². The molecule has 1 saturated heterocycles. The Morgan fingerprint density at radius 2 is 1.86 bits per heavy atom. The van der Waals surface area contributed by atoms with Crippen LogP contribution < -0.4 is 10.2 Å². The number of hydrogen-bond acceptors (Lipinski definition) is 6. The summed E-state index contributed by atoms with van der Waals surface area (Å²) in [6.45, 7) is 5.73. The van der Waals surface area contributed by atoms with Crippen LogP contribution in [-0.4, -0.2) is 85.6 Å². The summed E-state index contributed by atoms with van der Waals surface area (Å²) in [6, 6.07) is 1.81. The Hall–Kier alpha value is -1.73. The van der Waals surface area contributed by atoms with Crippen molar-refractivity contribution >= 4 is 11.9 Å². The lowest BCUT2D eigenvalue weighted by molar-refractivity contribution is -0.131. The molecular formula is C15H26N6O. The van der Waals surface area contributed by atoms with E-state index < -0.39 is 0 Å². The quantitative estimate of drug-likeness (QED) is 0.696. The lowest BCUT2D eigenvalue weighted by Gasteiger charge is -2.34. The van der Waals surface area contributed by atoms with Gasteiger partial charge in [0.05, 0.1) is 0 Å².